The number of amides is 10. The first-order valence-electron chi connectivity index (χ1n) is 42.1. The number of rotatable bonds is 52. The van der Waals surface area contributed by atoms with E-state index in [0.29, 0.717) is 37.8 Å². The number of allylic oxidation sites excluding steroid dienone is 1. The van der Waals surface area contributed by atoms with E-state index < -0.39 is 192 Å². The molecular weight excluding hydrogens is 1550 g/mol. The Morgan fingerprint density at radius 2 is 1.13 bits per heavy atom. The molecule has 0 unspecified atom stereocenters. The molecule has 37 nitrogen and oxygen atoms in total. The van der Waals surface area contributed by atoms with E-state index in [1.807, 2.05) is 13.8 Å². The summed E-state index contributed by atoms with van der Waals surface area (Å²) in [5.41, 5.74) is 5.06. The van der Waals surface area contributed by atoms with Gasteiger partial charge in [-0.1, -0.05) is 111 Å². The largest absolute Gasteiger partial charge is 0.459 e. The first kappa shape index (κ1) is 100. The lowest BCUT2D eigenvalue weighted by Crippen LogP contribution is -2.64. The number of nitrogens with two attached hydrogens (primary N) is 2. The lowest BCUT2D eigenvalue weighted by molar-refractivity contribution is -0.212. The molecule has 0 spiro atoms. The Bertz CT molecular complexity index is 3620. The molecule has 119 heavy (non-hydrogen) atoms. The monoisotopic (exact) mass is 1680 g/mol. The van der Waals surface area contributed by atoms with Crippen LogP contribution in [0.3, 0.4) is 0 Å². The summed E-state index contributed by atoms with van der Waals surface area (Å²) in [6.45, 7) is 17.2. The zero-order valence-electron chi connectivity index (χ0n) is 71.2. The average molecular weight is 1690 g/mol. The summed E-state index contributed by atoms with van der Waals surface area (Å²) in [5.74, 6) is -12.7. The van der Waals surface area contributed by atoms with Crippen molar-refractivity contribution in [2.75, 3.05) is 52.6 Å². The van der Waals surface area contributed by atoms with Gasteiger partial charge in [0.2, 0.25) is 47.3 Å². The number of H-pyrrole nitrogens is 1. The van der Waals surface area contributed by atoms with Gasteiger partial charge in [-0.2, -0.15) is 0 Å². The van der Waals surface area contributed by atoms with Gasteiger partial charge in [-0.15, -0.1) is 0 Å². The molecule has 0 radical (unpaired) electrons. The fourth-order valence-electron chi connectivity index (χ4n) is 15.2. The van der Waals surface area contributed by atoms with Crippen LogP contribution in [-0.4, -0.2) is 255 Å². The molecule has 3 fully saturated rings. The number of carbonyl (C=O) groups is 14. The summed E-state index contributed by atoms with van der Waals surface area (Å²) in [7, 11) is 0. The number of aromatic nitrogens is 2. The van der Waals surface area contributed by atoms with Crippen LogP contribution in [0.15, 0.2) is 35.3 Å². The molecule has 10 amide bonds. The number of aromatic amines is 1. The fourth-order valence-corrected chi connectivity index (χ4v) is 15.2. The maximum atomic E-state index is 14.4. The number of hydrogen-bond donors (Lipinski definition) is 15. The zero-order chi connectivity index (χ0) is 88.3. The van der Waals surface area contributed by atoms with Crippen molar-refractivity contribution in [1.82, 2.24) is 57.4 Å². The average Bonchev–Trinajstić information content (AvgIpc) is 1.52. The Morgan fingerprint density at radius 3 is 1.65 bits per heavy atom. The van der Waals surface area contributed by atoms with E-state index in [0.717, 1.165) is 78.1 Å². The molecule has 3 heterocycles. The van der Waals surface area contributed by atoms with E-state index in [-0.39, 0.29) is 126 Å². The number of aliphatic hydroxyl groups is 4. The van der Waals surface area contributed by atoms with Gasteiger partial charge in [-0.05, 0) is 122 Å². The minimum absolute atomic E-state index is 0.00314. The number of hydrogen-bond acceptors (Lipinski definition) is 26. The summed E-state index contributed by atoms with van der Waals surface area (Å²) >= 11 is 0. The molecule has 0 bridgehead atoms. The molecule has 37 heteroatoms. The van der Waals surface area contributed by atoms with Crippen molar-refractivity contribution in [2.24, 2.45) is 29.2 Å². The van der Waals surface area contributed by atoms with Gasteiger partial charge in [0.25, 0.3) is 0 Å². The molecule has 670 valence electrons. The number of urea groups is 1. The molecule has 1 aromatic rings. The molecule has 17 N–H and O–H groups in total. The van der Waals surface area contributed by atoms with Crippen molar-refractivity contribution in [2.45, 2.75) is 320 Å². The van der Waals surface area contributed by atoms with Crippen LogP contribution in [0, 0.1) is 17.8 Å². The van der Waals surface area contributed by atoms with E-state index >= 15 is 0 Å². The number of nitrogens with zero attached hydrogens (tertiary/aromatic N) is 2. The highest BCUT2D eigenvalue weighted by molar-refractivity contribution is 5.98. The van der Waals surface area contributed by atoms with Crippen LogP contribution in [0.25, 0.3) is 0 Å². The first-order chi connectivity index (χ1) is 56.4. The van der Waals surface area contributed by atoms with Crippen molar-refractivity contribution < 1.29 is 116 Å². The molecule has 2 saturated heterocycles. The number of nitrogens with one attached hydrogen (secondary N) is 9. The van der Waals surface area contributed by atoms with Crippen LogP contribution in [0.1, 0.15) is 236 Å². The summed E-state index contributed by atoms with van der Waals surface area (Å²) in [5, 5.41) is 66.4. The minimum atomic E-state index is -2.70. The summed E-state index contributed by atoms with van der Waals surface area (Å²) in [6, 6.07) is -10.6. The first-order valence-corrected chi connectivity index (χ1v) is 42.1. The van der Waals surface area contributed by atoms with Gasteiger partial charge in [0, 0.05) is 76.1 Å². The maximum Gasteiger partial charge on any atom is 0.341 e. The highest BCUT2D eigenvalue weighted by Gasteiger charge is 2.76. The number of unbranched alkanes of at least 4 members (excludes halogenated alkanes) is 13. The predicted molar refractivity (Wildman–Crippen MR) is 431 cm³/mol. The van der Waals surface area contributed by atoms with Crippen LogP contribution < -0.4 is 54.0 Å². The van der Waals surface area contributed by atoms with E-state index in [1.165, 1.54) is 37.3 Å². The maximum absolute atomic E-state index is 14.4. The third-order valence-electron chi connectivity index (χ3n) is 22.0. The Labute approximate surface area is 696 Å². The number of esters is 5. The number of imidazole rings is 1. The van der Waals surface area contributed by atoms with Crippen LogP contribution in [0.5, 0.6) is 0 Å². The Kier molecular flexibility index (Phi) is 41.8. The second-order valence-corrected chi connectivity index (χ2v) is 32.7. The minimum Gasteiger partial charge on any atom is -0.459 e. The van der Waals surface area contributed by atoms with Crippen LogP contribution in [0.2, 0.25) is 0 Å². The van der Waals surface area contributed by atoms with Crippen molar-refractivity contribution in [3.63, 3.8) is 0 Å². The number of morpholine rings is 1. The smallest absolute Gasteiger partial charge is 0.341 e. The van der Waals surface area contributed by atoms with Gasteiger partial charge in [0.1, 0.15) is 54.0 Å². The number of primary amides is 1. The van der Waals surface area contributed by atoms with Gasteiger partial charge in [0.05, 0.1) is 38.7 Å². The Balaban J connectivity index is 1.14. The molecule has 4 aliphatic rings. The fraction of sp³-hybridized carbons (Fsp3) is 0.744. The second kappa shape index (κ2) is 49.5. The van der Waals surface area contributed by atoms with Crippen molar-refractivity contribution in [3.05, 3.63) is 41.0 Å². The molecule has 2 aliphatic heterocycles. The third-order valence-corrected chi connectivity index (χ3v) is 22.0. The molecule has 1 saturated carbocycles. The van der Waals surface area contributed by atoms with Crippen molar-refractivity contribution in [1.29, 1.82) is 0 Å². The standard InChI is InChI=1S/C82H133N13O24/c1-12-14-15-21-24-31-64(101)116-68-66-65(51(8)67(68)117-77(109)50(7)13-2)69-82(113,81(11,112)78(110)118-69)61(43-80(66,10)119-52(9)98)115-63(100)30-25-22-19-17-16-18-20-23-28-35-86-70(102)56(40-48(3)4)90-72(104)55(32-33-62(84)99)89-73(105)57(41-49(5)6)91-71(103)54(29-26-27-34-83)88-75(107)59(45-96)93-76(108)60(46-97)92-74(106)58(42-53-44-85-47-87-53)94-79(111)95-36-38-114-39-37-95/h13,44,47-49,54-61,66-69,96-97,112-113H,12,14-43,45-46,83H2,1-11H3,(H2,84,99)(H,85,87)(H,86,102)(H,88,107)(H,89,105)(H,90,104)(H,91,103)(H,92,106)(H,93,108)(H,94,111)/b50-13-/t54-,55-,56-,57-,58-,59-,60-,61-,66+,67-,68-,69-,80-,81+,82+/m0/s1. The zero-order valence-corrected chi connectivity index (χ0v) is 71.2. The van der Waals surface area contributed by atoms with E-state index in [4.69, 9.17) is 39.9 Å². The van der Waals surface area contributed by atoms with E-state index in [1.54, 1.807) is 27.7 Å². The molecule has 15 atom stereocenters. The van der Waals surface area contributed by atoms with Gasteiger partial charge < -0.3 is 113 Å². The van der Waals surface area contributed by atoms with Gasteiger partial charge in [-0.3, -0.25) is 52.7 Å². The molecule has 1 aromatic heterocycles. The Hall–Kier alpha value is -9.17. The number of ether oxygens (including phenoxy) is 6. The van der Waals surface area contributed by atoms with Crippen LogP contribution >= 0.6 is 0 Å². The lowest BCUT2D eigenvalue weighted by Gasteiger charge is -2.41. The summed E-state index contributed by atoms with van der Waals surface area (Å²) < 4.78 is 35.5. The topological polar surface area (TPSA) is 555 Å². The highest BCUT2D eigenvalue weighted by atomic mass is 16.6. The van der Waals surface area contributed by atoms with Crippen molar-refractivity contribution >= 4 is 83.1 Å². The van der Waals surface area contributed by atoms with E-state index in [2.05, 4.69) is 59.4 Å². The van der Waals surface area contributed by atoms with Crippen molar-refractivity contribution in [3.8, 4) is 0 Å². The normalized spacial score (nSPS) is 22.7. The second-order valence-electron chi connectivity index (χ2n) is 32.7. The Morgan fingerprint density at radius 1 is 0.639 bits per heavy atom. The van der Waals surface area contributed by atoms with E-state index in [9.17, 15) is 87.5 Å². The molecular formula is C82H133N13O24. The molecule has 5 rings (SSSR count). The lowest BCUT2D eigenvalue weighted by atomic mass is 9.75. The van der Waals surface area contributed by atoms with Gasteiger partial charge >= 0.3 is 35.9 Å². The molecule has 0 aromatic carbocycles. The van der Waals surface area contributed by atoms with Gasteiger partial charge in [0.15, 0.2) is 29.5 Å². The number of fused-ring (bicyclic) bond motifs is 3. The quantitative estimate of drug-likeness (QED) is 0.0146. The van der Waals surface area contributed by atoms with Crippen LogP contribution in [0.4, 0.5) is 4.79 Å². The number of carbonyl (C=O) groups excluding carboxylic acids is 14. The molecule has 2 aliphatic carbocycles. The SMILES string of the molecule is C/C=C(/C)C(=O)O[C@H]1C(C)=C2[C@H]([C@@H]1OC(=O)CCCCCCC)[C@@](C)(OC(C)=O)C[C@H](OC(=O)CCCCCCCCCCCNC(=O)[C@H](CC(C)C)NC(=O)[C@H](CCC(N)=O)NC(=O)[C@H](CC(C)C)NC(=O)[C@H](CCCCN)NC(=O)[C@H](CO)NC(=O)[C@H](CO)NC(=O)[C@H](Cc1cnc[nH]1)NC(=O)N1CCOCC1)[C@@]1(O)[C@H]2OC(=O)[C@@]1(C)O. The van der Waals surface area contributed by atoms with Crippen LogP contribution in [-0.2, 0) is 97.2 Å². The number of aliphatic hydroxyl groups excluding tert-OH is 2. The predicted octanol–water partition coefficient (Wildman–Crippen LogP) is 1.90. The summed E-state index contributed by atoms with van der Waals surface area (Å²) in [4.78, 5) is 200. The third kappa shape index (κ3) is 30.2. The van der Waals surface area contributed by atoms with Gasteiger partial charge in [-0.25, -0.2) is 19.4 Å². The summed E-state index contributed by atoms with van der Waals surface area (Å²) in [6.07, 6.45) is 8.07. The highest BCUT2D eigenvalue weighted by Crippen LogP contribution is 2.58.